The summed E-state index contributed by atoms with van der Waals surface area (Å²) in [5.41, 5.74) is 0. The normalized spacial score (nSPS) is 10.1. The molecule has 4 heteroatoms. The van der Waals surface area contributed by atoms with Gasteiger partial charge in [-0.15, -0.1) is 0 Å². The van der Waals surface area contributed by atoms with E-state index in [0.717, 1.165) is 19.3 Å². The lowest BCUT2D eigenvalue weighted by molar-refractivity contribution is -0.138. The van der Waals surface area contributed by atoms with Crippen LogP contribution >= 0.6 is 0 Å². The lowest BCUT2D eigenvalue weighted by atomic mass is 10.1. The van der Waals surface area contributed by atoms with Crippen LogP contribution in [0.1, 0.15) is 136 Å². The Labute approximate surface area is 205 Å². The van der Waals surface area contributed by atoms with Crippen molar-refractivity contribution in [3.63, 3.8) is 0 Å². The molecule has 0 aliphatic heterocycles. The van der Waals surface area contributed by atoms with Crippen molar-refractivity contribution < 1.29 is 19.1 Å². The van der Waals surface area contributed by atoms with Crippen molar-refractivity contribution in [2.24, 2.45) is 0 Å². The Morgan fingerprint density at radius 3 is 0.970 bits per heavy atom. The van der Waals surface area contributed by atoms with Crippen LogP contribution in [-0.2, 0) is 19.1 Å². The monoisotopic (exact) mass is 466 g/mol. The van der Waals surface area contributed by atoms with E-state index in [1.807, 2.05) is 0 Å². The van der Waals surface area contributed by atoms with Gasteiger partial charge in [0.05, 0.1) is 13.2 Å². The molecule has 0 amide bonds. The number of unbranched alkanes of at least 4 members (excludes halogenated alkanes) is 17. The maximum absolute atomic E-state index is 10.7. The summed E-state index contributed by atoms with van der Waals surface area (Å²) in [7, 11) is 0. The second-order valence-electron chi connectivity index (χ2n) is 8.75. The fourth-order valence-electron chi connectivity index (χ4n) is 3.47. The number of carbonyl (C=O) groups excluding carboxylic acids is 2. The predicted molar refractivity (Wildman–Crippen MR) is 141 cm³/mol. The highest BCUT2D eigenvalue weighted by Crippen LogP contribution is 2.11. The van der Waals surface area contributed by atoms with E-state index in [9.17, 15) is 9.59 Å². The first-order chi connectivity index (χ1) is 16.1. The number of hydrogen-bond acceptors (Lipinski definition) is 4. The van der Waals surface area contributed by atoms with Crippen LogP contribution in [0.3, 0.4) is 0 Å². The highest BCUT2D eigenvalue weighted by Gasteiger charge is 1.97. The van der Waals surface area contributed by atoms with Crippen molar-refractivity contribution >= 4 is 11.9 Å². The molecule has 0 aliphatic carbocycles. The zero-order valence-corrected chi connectivity index (χ0v) is 22.1. The van der Waals surface area contributed by atoms with Crippen molar-refractivity contribution in [3.8, 4) is 0 Å². The Morgan fingerprint density at radius 2 is 0.727 bits per heavy atom. The van der Waals surface area contributed by atoms with Gasteiger partial charge in [-0.3, -0.25) is 0 Å². The first-order valence-electron chi connectivity index (χ1n) is 13.7. The summed E-state index contributed by atoms with van der Waals surface area (Å²) in [6.45, 7) is 12.3. The molecule has 0 bridgehead atoms. The topological polar surface area (TPSA) is 52.6 Å². The van der Waals surface area contributed by atoms with Crippen LogP contribution in [0.15, 0.2) is 25.3 Å². The third-order valence-corrected chi connectivity index (χ3v) is 5.57. The number of ether oxygens (including phenoxy) is 2. The van der Waals surface area contributed by atoms with E-state index < -0.39 is 0 Å². The summed E-state index contributed by atoms with van der Waals surface area (Å²) < 4.78 is 9.80. The molecule has 0 aromatic carbocycles. The van der Waals surface area contributed by atoms with Crippen LogP contribution in [0.2, 0.25) is 0 Å². The number of rotatable bonds is 23. The van der Waals surface area contributed by atoms with Gasteiger partial charge in [0.1, 0.15) is 0 Å². The summed E-state index contributed by atoms with van der Waals surface area (Å²) in [4.78, 5) is 21.4. The molecule has 0 saturated heterocycles. The minimum absolute atomic E-state index is 0.305. The third kappa shape index (κ3) is 32.7. The molecule has 0 radical (unpaired) electrons. The van der Waals surface area contributed by atoms with Gasteiger partial charge in [-0.2, -0.15) is 0 Å². The average molecular weight is 467 g/mol. The second kappa shape index (κ2) is 30.4. The molecule has 4 nitrogen and oxygen atoms in total. The Hall–Kier alpha value is -1.58. The fourth-order valence-corrected chi connectivity index (χ4v) is 3.47. The minimum atomic E-state index is -0.306. The zero-order valence-electron chi connectivity index (χ0n) is 22.1. The SMILES string of the molecule is C=CC(=O)OCCCCCCCCCCC.C=CC(=O)OCCCCCCCCCCCC. The summed E-state index contributed by atoms with van der Waals surface area (Å²) in [6.07, 6.45) is 26.9. The molecule has 0 unspecified atom stereocenters. The van der Waals surface area contributed by atoms with Gasteiger partial charge in [0, 0.05) is 12.2 Å². The molecule has 0 spiro atoms. The molecule has 0 aliphatic rings. The molecule has 0 rings (SSSR count). The summed E-state index contributed by atoms with van der Waals surface area (Å²) in [5, 5.41) is 0. The molecule has 0 fully saturated rings. The number of carbonyl (C=O) groups is 2. The zero-order chi connectivity index (χ0) is 24.8. The number of hydrogen-bond donors (Lipinski definition) is 0. The van der Waals surface area contributed by atoms with Gasteiger partial charge in [0.25, 0.3) is 0 Å². The Balaban J connectivity index is 0. The van der Waals surface area contributed by atoms with E-state index in [1.54, 1.807) is 0 Å². The molecule has 0 atom stereocenters. The standard InChI is InChI=1S/C15H28O2.C14H26O2/c1-3-5-6-7-8-9-10-11-12-13-14-17-15(16)4-2;1-3-5-6-7-8-9-10-11-12-13-16-14(15)4-2/h4H,2-3,5-14H2,1H3;4H,2-3,5-13H2,1H3. The van der Waals surface area contributed by atoms with Crippen LogP contribution in [-0.4, -0.2) is 25.2 Å². The van der Waals surface area contributed by atoms with Crippen molar-refractivity contribution in [2.45, 2.75) is 136 Å². The molecule has 0 aromatic rings. The van der Waals surface area contributed by atoms with E-state index in [1.165, 1.54) is 115 Å². The highest BCUT2D eigenvalue weighted by atomic mass is 16.5. The Kier molecular flexibility index (Phi) is 31.0. The summed E-state index contributed by atoms with van der Waals surface area (Å²) >= 11 is 0. The maximum Gasteiger partial charge on any atom is 0.330 e. The number of esters is 2. The van der Waals surface area contributed by atoms with Crippen molar-refractivity contribution in [1.82, 2.24) is 0 Å². The van der Waals surface area contributed by atoms with Crippen LogP contribution in [0, 0.1) is 0 Å². The molecule has 0 N–H and O–H groups in total. The van der Waals surface area contributed by atoms with Crippen molar-refractivity contribution in [3.05, 3.63) is 25.3 Å². The third-order valence-electron chi connectivity index (χ3n) is 5.57. The van der Waals surface area contributed by atoms with Crippen LogP contribution in [0.4, 0.5) is 0 Å². The largest absolute Gasteiger partial charge is 0.463 e. The highest BCUT2D eigenvalue weighted by molar-refractivity contribution is 5.81. The smallest absolute Gasteiger partial charge is 0.330 e. The maximum atomic E-state index is 10.7. The second-order valence-corrected chi connectivity index (χ2v) is 8.75. The molecular formula is C29H54O4. The first kappa shape index (κ1) is 33.6. The van der Waals surface area contributed by atoms with Crippen molar-refractivity contribution in [2.75, 3.05) is 13.2 Å². The van der Waals surface area contributed by atoms with E-state index in [2.05, 4.69) is 27.0 Å². The quantitative estimate of drug-likeness (QED) is 0.0857. The van der Waals surface area contributed by atoms with Gasteiger partial charge >= 0.3 is 11.9 Å². The van der Waals surface area contributed by atoms with E-state index in [4.69, 9.17) is 9.47 Å². The lowest BCUT2D eigenvalue weighted by Crippen LogP contribution is -2.01. The average Bonchev–Trinajstić information content (AvgIpc) is 2.83. The van der Waals surface area contributed by atoms with Gasteiger partial charge in [-0.05, 0) is 12.8 Å². The molecule has 33 heavy (non-hydrogen) atoms. The Bertz CT molecular complexity index is 445. The predicted octanol–water partition coefficient (Wildman–Crippen LogP) is 8.88. The van der Waals surface area contributed by atoms with Crippen molar-refractivity contribution in [1.29, 1.82) is 0 Å². The molecule has 0 heterocycles. The van der Waals surface area contributed by atoms with E-state index >= 15 is 0 Å². The van der Waals surface area contributed by atoms with Gasteiger partial charge < -0.3 is 9.47 Å². The van der Waals surface area contributed by atoms with Gasteiger partial charge in [-0.1, -0.05) is 136 Å². The van der Waals surface area contributed by atoms with Gasteiger partial charge in [0.15, 0.2) is 0 Å². The summed E-state index contributed by atoms with van der Waals surface area (Å²) in [5.74, 6) is -0.611. The first-order valence-corrected chi connectivity index (χ1v) is 13.7. The van der Waals surface area contributed by atoms with Crippen LogP contribution in [0.25, 0.3) is 0 Å². The van der Waals surface area contributed by atoms with Crippen LogP contribution in [0.5, 0.6) is 0 Å². The molecular weight excluding hydrogens is 412 g/mol. The molecule has 0 aromatic heterocycles. The lowest BCUT2D eigenvalue weighted by Gasteiger charge is -2.03. The van der Waals surface area contributed by atoms with E-state index in [0.29, 0.717) is 13.2 Å². The molecule has 194 valence electrons. The fraction of sp³-hybridized carbons (Fsp3) is 0.793. The van der Waals surface area contributed by atoms with Gasteiger partial charge in [0.2, 0.25) is 0 Å². The molecule has 0 saturated carbocycles. The van der Waals surface area contributed by atoms with Crippen LogP contribution < -0.4 is 0 Å². The van der Waals surface area contributed by atoms with E-state index in [-0.39, 0.29) is 11.9 Å². The van der Waals surface area contributed by atoms with Gasteiger partial charge in [-0.25, -0.2) is 9.59 Å². The minimum Gasteiger partial charge on any atom is -0.463 e. The Morgan fingerprint density at radius 1 is 0.485 bits per heavy atom. The summed E-state index contributed by atoms with van der Waals surface area (Å²) in [6, 6.07) is 0.